The van der Waals surface area contributed by atoms with Gasteiger partial charge in [-0.05, 0) is 38.0 Å². The number of hydrogen-bond acceptors (Lipinski definition) is 4. The molecule has 26 heavy (non-hydrogen) atoms. The van der Waals surface area contributed by atoms with Gasteiger partial charge in [-0.3, -0.25) is 14.5 Å². The van der Waals surface area contributed by atoms with E-state index in [-0.39, 0.29) is 24.2 Å². The van der Waals surface area contributed by atoms with Gasteiger partial charge in [-0.2, -0.15) is 0 Å². The third-order valence-electron chi connectivity index (χ3n) is 4.79. The zero-order valence-corrected chi connectivity index (χ0v) is 15.0. The molecule has 0 bridgehead atoms. The van der Waals surface area contributed by atoms with E-state index in [2.05, 4.69) is 18.2 Å². The van der Waals surface area contributed by atoms with E-state index in [9.17, 15) is 9.59 Å². The molecule has 4 rings (SSSR count). The van der Waals surface area contributed by atoms with E-state index >= 15 is 0 Å². The van der Waals surface area contributed by atoms with Crippen molar-refractivity contribution in [3.05, 3.63) is 53.1 Å². The topological polar surface area (TPSA) is 55.8 Å². The zero-order valence-electron chi connectivity index (χ0n) is 15.0. The first-order valence-electron chi connectivity index (χ1n) is 8.85. The predicted octanol–water partition coefficient (Wildman–Crippen LogP) is 3.20. The summed E-state index contributed by atoms with van der Waals surface area (Å²) < 4.78 is 11.1. The van der Waals surface area contributed by atoms with Crippen LogP contribution in [0.25, 0.3) is 0 Å². The number of benzene rings is 2. The number of hydrogen-bond donors (Lipinski definition) is 0. The fourth-order valence-electron chi connectivity index (χ4n) is 3.77. The monoisotopic (exact) mass is 351 g/mol. The van der Waals surface area contributed by atoms with Gasteiger partial charge in [-0.25, -0.2) is 0 Å². The minimum absolute atomic E-state index is 0.147. The van der Waals surface area contributed by atoms with Crippen LogP contribution in [0.5, 0.6) is 11.5 Å². The quantitative estimate of drug-likeness (QED) is 0.797. The summed E-state index contributed by atoms with van der Waals surface area (Å²) in [5.41, 5.74) is 3.98. The highest BCUT2D eigenvalue weighted by molar-refractivity contribution is 6.21. The molecule has 2 aliphatic rings. The maximum Gasteiger partial charge on any atom is 0.237 e. The van der Waals surface area contributed by atoms with E-state index in [1.807, 2.05) is 13.8 Å². The maximum atomic E-state index is 12.9. The van der Waals surface area contributed by atoms with Gasteiger partial charge in [0.05, 0.1) is 11.6 Å². The number of anilines is 1. The Morgan fingerprint density at radius 2 is 1.65 bits per heavy atom. The Hall–Kier alpha value is -2.82. The Morgan fingerprint density at radius 1 is 0.962 bits per heavy atom. The molecule has 1 saturated heterocycles. The molecule has 2 aliphatic heterocycles. The second-order valence-corrected chi connectivity index (χ2v) is 7.00. The first-order valence-corrected chi connectivity index (χ1v) is 8.85. The first kappa shape index (κ1) is 16.6. The predicted molar refractivity (Wildman–Crippen MR) is 97.7 cm³/mol. The van der Waals surface area contributed by atoms with E-state index in [1.165, 1.54) is 16.0 Å². The zero-order chi connectivity index (χ0) is 18.3. The third kappa shape index (κ3) is 3.05. The van der Waals surface area contributed by atoms with E-state index in [1.54, 1.807) is 18.2 Å². The summed E-state index contributed by atoms with van der Waals surface area (Å²) in [5.74, 6) is 0.585. The number of nitrogens with zero attached hydrogens (tertiary/aromatic N) is 1. The molecule has 1 fully saturated rings. The summed E-state index contributed by atoms with van der Waals surface area (Å²) in [6.45, 7) is 5.05. The summed E-state index contributed by atoms with van der Waals surface area (Å²) in [5, 5.41) is 0. The summed E-state index contributed by atoms with van der Waals surface area (Å²) in [6, 6.07) is 11.5. The number of fused-ring (bicyclic) bond motifs is 1. The van der Waals surface area contributed by atoms with Crippen molar-refractivity contribution in [3.8, 4) is 11.5 Å². The van der Waals surface area contributed by atoms with Crippen LogP contribution in [0.1, 0.15) is 23.1 Å². The Balaban J connectivity index is 1.57. The molecule has 0 unspecified atom stereocenters. The van der Waals surface area contributed by atoms with Gasteiger partial charge in [0.15, 0.2) is 11.5 Å². The van der Waals surface area contributed by atoms with Crippen molar-refractivity contribution in [1.29, 1.82) is 0 Å². The minimum Gasteiger partial charge on any atom is -0.486 e. The number of aryl methyl sites for hydroxylation is 2. The van der Waals surface area contributed by atoms with Gasteiger partial charge in [-0.15, -0.1) is 0 Å². The van der Waals surface area contributed by atoms with Gasteiger partial charge in [0.2, 0.25) is 11.8 Å². The van der Waals surface area contributed by atoms with Crippen LogP contribution in [0.2, 0.25) is 0 Å². The maximum absolute atomic E-state index is 12.9. The van der Waals surface area contributed by atoms with Crippen LogP contribution in [0.3, 0.4) is 0 Å². The van der Waals surface area contributed by atoms with E-state index in [0.29, 0.717) is 36.8 Å². The van der Waals surface area contributed by atoms with Crippen molar-refractivity contribution < 1.29 is 19.1 Å². The van der Waals surface area contributed by atoms with Crippen LogP contribution < -0.4 is 14.4 Å². The van der Waals surface area contributed by atoms with Gasteiger partial charge in [-0.1, -0.05) is 29.3 Å². The van der Waals surface area contributed by atoms with Crippen molar-refractivity contribution >= 4 is 17.5 Å². The summed E-state index contributed by atoms with van der Waals surface area (Å²) in [6.07, 6.45) is 0.814. The number of carbonyl (C=O) groups is 2. The molecule has 2 aromatic carbocycles. The number of carbonyl (C=O) groups excluding carboxylic acids is 2. The molecule has 5 nitrogen and oxygen atoms in total. The highest BCUT2D eigenvalue weighted by atomic mass is 16.6. The second-order valence-electron chi connectivity index (χ2n) is 7.00. The normalized spacial score (nSPS) is 19.2. The highest BCUT2D eigenvalue weighted by Gasteiger charge is 2.39. The largest absolute Gasteiger partial charge is 0.486 e. The number of ether oxygens (including phenoxy) is 2. The Bertz CT molecular complexity index is 869. The molecule has 0 aromatic heterocycles. The molecular weight excluding hydrogens is 330 g/mol. The SMILES string of the molecule is Cc1cc(C)cc(C[C@@H]2CC(=O)N(c3ccc4c(c3)OCCO4)C2=O)c1. The molecule has 2 amide bonds. The highest BCUT2D eigenvalue weighted by Crippen LogP contribution is 2.36. The minimum atomic E-state index is -0.322. The average Bonchev–Trinajstić information content (AvgIpc) is 2.87. The van der Waals surface area contributed by atoms with Crippen molar-refractivity contribution in [2.75, 3.05) is 18.1 Å². The smallest absolute Gasteiger partial charge is 0.237 e. The molecule has 0 saturated carbocycles. The molecule has 2 aromatic rings. The van der Waals surface area contributed by atoms with Crippen LogP contribution in [-0.2, 0) is 16.0 Å². The van der Waals surface area contributed by atoms with Crippen LogP contribution in [0, 0.1) is 19.8 Å². The molecule has 0 spiro atoms. The summed E-state index contributed by atoms with van der Waals surface area (Å²) in [7, 11) is 0. The second kappa shape index (κ2) is 6.48. The average molecular weight is 351 g/mol. The van der Waals surface area contributed by atoms with Gasteiger partial charge < -0.3 is 9.47 Å². The van der Waals surface area contributed by atoms with Gasteiger partial charge in [0.1, 0.15) is 13.2 Å². The van der Waals surface area contributed by atoms with Crippen LogP contribution in [-0.4, -0.2) is 25.0 Å². The van der Waals surface area contributed by atoms with Gasteiger partial charge in [0, 0.05) is 12.5 Å². The first-order chi connectivity index (χ1) is 12.5. The van der Waals surface area contributed by atoms with Crippen LogP contribution in [0.15, 0.2) is 36.4 Å². The fourth-order valence-corrected chi connectivity index (χ4v) is 3.77. The van der Waals surface area contributed by atoms with Crippen LogP contribution in [0.4, 0.5) is 5.69 Å². The summed E-state index contributed by atoms with van der Waals surface area (Å²) >= 11 is 0. The molecule has 0 N–H and O–H groups in total. The van der Waals surface area contributed by atoms with Crippen LogP contribution >= 0.6 is 0 Å². The van der Waals surface area contributed by atoms with Crippen molar-refractivity contribution in [3.63, 3.8) is 0 Å². The number of amides is 2. The molecule has 134 valence electrons. The van der Waals surface area contributed by atoms with E-state index in [0.717, 1.165) is 5.56 Å². The van der Waals surface area contributed by atoms with Crippen molar-refractivity contribution in [1.82, 2.24) is 0 Å². The molecule has 0 radical (unpaired) electrons. The Labute approximate surface area is 152 Å². The standard InChI is InChI=1S/C21H21NO4/c1-13-7-14(2)9-15(8-13)10-16-11-20(23)22(21(16)24)17-3-4-18-19(12-17)26-6-5-25-18/h3-4,7-9,12,16H,5-6,10-11H2,1-2H3/t16-/m1/s1. The molecular formula is C21H21NO4. The molecule has 0 aliphatic carbocycles. The lowest BCUT2D eigenvalue weighted by Crippen LogP contribution is -2.31. The number of rotatable bonds is 3. The number of imide groups is 1. The van der Waals surface area contributed by atoms with Gasteiger partial charge in [0.25, 0.3) is 0 Å². The fraction of sp³-hybridized carbons (Fsp3) is 0.333. The molecule has 5 heteroatoms. The van der Waals surface area contributed by atoms with Crippen molar-refractivity contribution in [2.45, 2.75) is 26.7 Å². The Morgan fingerprint density at radius 3 is 2.38 bits per heavy atom. The molecule has 1 atom stereocenters. The third-order valence-corrected chi connectivity index (χ3v) is 4.79. The van der Waals surface area contributed by atoms with Gasteiger partial charge >= 0.3 is 0 Å². The van der Waals surface area contributed by atoms with E-state index < -0.39 is 0 Å². The lowest BCUT2D eigenvalue weighted by atomic mass is 9.95. The Kier molecular flexibility index (Phi) is 4.15. The summed E-state index contributed by atoms with van der Waals surface area (Å²) in [4.78, 5) is 26.7. The molecule has 2 heterocycles. The lowest BCUT2D eigenvalue weighted by molar-refractivity contribution is -0.122. The lowest BCUT2D eigenvalue weighted by Gasteiger charge is -2.21. The van der Waals surface area contributed by atoms with E-state index in [4.69, 9.17) is 9.47 Å². The van der Waals surface area contributed by atoms with Crippen molar-refractivity contribution in [2.24, 2.45) is 5.92 Å².